The predicted molar refractivity (Wildman–Crippen MR) is 55.8 cm³/mol. The van der Waals surface area contributed by atoms with Gasteiger partial charge in [0.2, 0.25) is 15.0 Å². The number of carbonyl (C=O) groups is 1. The Morgan fingerprint density at radius 2 is 1.94 bits per heavy atom. The van der Waals surface area contributed by atoms with Crippen LogP contribution in [0.15, 0.2) is 17.6 Å². The molecule has 1 heterocycles. The van der Waals surface area contributed by atoms with Crippen molar-refractivity contribution in [3.8, 4) is 0 Å². The summed E-state index contributed by atoms with van der Waals surface area (Å²) < 4.78 is 22.1. The summed E-state index contributed by atoms with van der Waals surface area (Å²) >= 11 is 0. The third-order valence-electron chi connectivity index (χ3n) is 2.03. The second-order valence-corrected chi connectivity index (χ2v) is 5.48. The van der Waals surface area contributed by atoms with Gasteiger partial charge >= 0.3 is 5.97 Å². The highest BCUT2D eigenvalue weighted by molar-refractivity contribution is 7.90. The van der Waals surface area contributed by atoms with Crippen molar-refractivity contribution in [2.75, 3.05) is 6.26 Å². The maximum absolute atomic E-state index is 11.1. The zero-order chi connectivity index (χ0) is 12.3. The van der Waals surface area contributed by atoms with Crippen LogP contribution < -0.4 is 0 Å². The molecule has 0 fully saturated rings. The standard InChI is InChI=1S/C9H12N2O4S/c1-6(3-8(12)13)7-4-10-9(11-5-7)16(2,14)15/h4-6H,3H2,1-2H3,(H,12,13). The molecule has 0 bridgehead atoms. The van der Waals surface area contributed by atoms with Gasteiger partial charge in [-0.05, 0) is 11.5 Å². The van der Waals surface area contributed by atoms with Gasteiger partial charge in [-0.2, -0.15) is 0 Å². The van der Waals surface area contributed by atoms with E-state index < -0.39 is 15.8 Å². The Bertz CT molecular complexity index is 481. The molecule has 0 aliphatic carbocycles. The van der Waals surface area contributed by atoms with E-state index in [4.69, 9.17) is 5.11 Å². The maximum Gasteiger partial charge on any atom is 0.303 e. The number of carboxylic acid groups (broad SMARTS) is 1. The van der Waals surface area contributed by atoms with Crippen molar-refractivity contribution in [3.63, 3.8) is 0 Å². The first kappa shape index (κ1) is 12.6. The summed E-state index contributed by atoms with van der Waals surface area (Å²) in [6, 6.07) is 0. The molecule has 0 aliphatic heterocycles. The van der Waals surface area contributed by atoms with Gasteiger partial charge in [0.25, 0.3) is 0 Å². The minimum atomic E-state index is -3.41. The second kappa shape index (κ2) is 4.56. The highest BCUT2D eigenvalue weighted by Gasteiger charge is 2.14. The van der Waals surface area contributed by atoms with Gasteiger partial charge in [0.1, 0.15) is 0 Å². The van der Waals surface area contributed by atoms with Crippen molar-refractivity contribution in [2.24, 2.45) is 0 Å². The second-order valence-electron chi connectivity index (χ2n) is 3.57. The van der Waals surface area contributed by atoms with Crippen LogP contribution in [0.4, 0.5) is 0 Å². The summed E-state index contributed by atoms with van der Waals surface area (Å²) in [5.41, 5.74) is 0.606. The molecule has 6 nitrogen and oxygen atoms in total. The van der Waals surface area contributed by atoms with Crippen LogP contribution in [-0.4, -0.2) is 35.7 Å². The SMILES string of the molecule is CC(CC(=O)O)c1cnc(S(C)(=O)=O)nc1. The topological polar surface area (TPSA) is 97.2 Å². The Morgan fingerprint density at radius 1 is 1.44 bits per heavy atom. The van der Waals surface area contributed by atoms with Crippen molar-refractivity contribution in [3.05, 3.63) is 18.0 Å². The van der Waals surface area contributed by atoms with Gasteiger partial charge in [-0.1, -0.05) is 6.92 Å². The van der Waals surface area contributed by atoms with E-state index in [0.29, 0.717) is 5.56 Å². The molecule has 1 unspecified atom stereocenters. The van der Waals surface area contributed by atoms with Crippen molar-refractivity contribution in [1.29, 1.82) is 0 Å². The minimum absolute atomic E-state index is 0.0401. The quantitative estimate of drug-likeness (QED) is 0.773. The molecule has 1 aromatic rings. The molecule has 1 aromatic heterocycles. The first-order chi connectivity index (χ1) is 7.30. The molecule has 1 N–H and O–H groups in total. The fourth-order valence-corrected chi connectivity index (χ4v) is 1.64. The molecule has 88 valence electrons. The van der Waals surface area contributed by atoms with E-state index in [-0.39, 0.29) is 17.5 Å². The fourth-order valence-electron chi connectivity index (χ4n) is 1.15. The normalized spacial score (nSPS) is 13.4. The van der Waals surface area contributed by atoms with Crippen LogP contribution in [0, 0.1) is 0 Å². The number of carboxylic acids is 1. The van der Waals surface area contributed by atoms with Crippen molar-refractivity contribution >= 4 is 15.8 Å². The largest absolute Gasteiger partial charge is 0.481 e. The molecule has 16 heavy (non-hydrogen) atoms. The molecule has 0 saturated heterocycles. The van der Waals surface area contributed by atoms with E-state index in [1.165, 1.54) is 12.4 Å². The third kappa shape index (κ3) is 3.27. The summed E-state index contributed by atoms with van der Waals surface area (Å²) in [5.74, 6) is -1.16. The molecule has 0 aromatic carbocycles. The van der Waals surface area contributed by atoms with Gasteiger partial charge in [0, 0.05) is 18.6 Å². The predicted octanol–water partition coefficient (Wildman–Crippen LogP) is 0.458. The molecular formula is C9H12N2O4S. The summed E-state index contributed by atoms with van der Waals surface area (Å²) in [5, 5.41) is 8.34. The van der Waals surface area contributed by atoms with Crippen molar-refractivity contribution < 1.29 is 18.3 Å². The lowest BCUT2D eigenvalue weighted by molar-refractivity contribution is -0.137. The number of hydrogen-bond acceptors (Lipinski definition) is 5. The van der Waals surface area contributed by atoms with Crippen LogP contribution in [0.25, 0.3) is 0 Å². The number of aromatic nitrogens is 2. The number of hydrogen-bond donors (Lipinski definition) is 1. The number of sulfone groups is 1. The van der Waals surface area contributed by atoms with Gasteiger partial charge in [0.15, 0.2) is 0 Å². The number of rotatable bonds is 4. The van der Waals surface area contributed by atoms with Gasteiger partial charge in [-0.25, -0.2) is 18.4 Å². The van der Waals surface area contributed by atoms with Crippen LogP contribution in [0.2, 0.25) is 0 Å². The first-order valence-electron chi connectivity index (χ1n) is 4.54. The van der Waals surface area contributed by atoms with Crippen molar-refractivity contribution in [2.45, 2.75) is 24.4 Å². The van der Waals surface area contributed by atoms with E-state index in [1.807, 2.05) is 0 Å². The lowest BCUT2D eigenvalue weighted by Gasteiger charge is -2.07. The van der Waals surface area contributed by atoms with E-state index in [1.54, 1.807) is 6.92 Å². The van der Waals surface area contributed by atoms with Gasteiger partial charge in [0.05, 0.1) is 6.42 Å². The Labute approximate surface area is 93.3 Å². The summed E-state index contributed by atoms with van der Waals surface area (Å²) in [4.78, 5) is 17.8. The van der Waals surface area contributed by atoms with Gasteiger partial charge < -0.3 is 5.11 Å². The highest BCUT2D eigenvalue weighted by Crippen LogP contribution is 2.17. The lowest BCUT2D eigenvalue weighted by Crippen LogP contribution is -2.07. The summed E-state index contributed by atoms with van der Waals surface area (Å²) in [7, 11) is -3.41. The van der Waals surface area contributed by atoms with Crippen LogP contribution in [0.1, 0.15) is 24.8 Å². The minimum Gasteiger partial charge on any atom is -0.481 e. The Hall–Kier alpha value is -1.50. The van der Waals surface area contributed by atoms with Crippen LogP contribution >= 0.6 is 0 Å². The molecule has 0 saturated carbocycles. The summed E-state index contributed by atoms with van der Waals surface area (Å²) in [6.45, 7) is 1.72. The molecule has 0 amide bonds. The smallest absolute Gasteiger partial charge is 0.303 e. The zero-order valence-electron chi connectivity index (χ0n) is 8.91. The van der Waals surface area contributed by atoms with E-state index in [2.05, 4.69) is 9.97 Å². The zero-order valence-corrected chi connectivity index (χ0v) is 9.73. The average molecular weight is 244 g/mol. The van der Waals surface area contributed by atoms with Crippen molar-refractivity contribution in [1.82, 2.24) is 9.97 Å². The summed E-state index contributed by atoms with van der Waals surface area (Å²) in [6.07, 6.45) is 3.66. The lowest BCUT2D eigenvalue weighted by atomic mass is 10.0. The molecule has 0 radical (unpaired) electrons. The third-order valence-corrected chi connectivity index (χ3v) is 2.90. The Balaban J connectivity index is 2.91. The molecule has 0 aliphatic rings. The van der Waals surface area contributed by atoms with Gasteiger partial charge in [-0.3, -0.25) is 4.79 Å². The maximum atomic E-state index is 11.1. The van der Waals surface area contributed by atoms with E-state index in [0.717, 1.165) is 6.26 Å². The fraction of sp³-hybridized carbons (Fsp3) is 0.444. The highest BCUT2D eigenvalue weighted by atomic mass is 32.2. The molecule has 7 heteroatoms. The van der Waals surface area contributed by atoms with E-state index >= 15 is 0 Å². The number of nitrogens with zero attached hydrogens (tertiary/aromatic N) is 2. The van der Waals surface area contributed by atoms with E-state index in [9.17, 15) is 13.2 Å². The molecule has 0 spiro atoms. The average Bonchev–Trinajstić information content (AvgIpc) is 2.15. The molecule has 1 rings (SSSR count). The Kier molecular flexibility index (Phi) is 3.58. The van der Waals surface area contributed by atoms with Crippen LogP contribution in [0.3, 0.4) is 0 Å². The first-order valence-corrected chi connectivity index (χ1v) is 6.43. The molecular weight excluding hydrogens is 232 g/mol. The van der Waals surface area contributed by atoms with Crippen LogP contribution in [0.5, 0.6) is 0 Å². The monoisotopic (exact) mass is 244 g/mol. The Morgan fingerprint density at radius 3 is 2.31 bits per heavy atom. The number of aliphatic carboxylic acids is 1. The molecule has 1 atom stereocenters. The van der Waals surface area contributed by atoms with Crippen LogP contribution in [-0.2, 0) is 14.6 Å². The van der Waals surface area contributed by atoms with Gasteiger partial charge in [-0.15, -0.1) is 0 Å².